The van der Waals surface area contributed by atoms with E-state index >= 15 is 0 Å². The normalized spacial score (nSPS) is 13.0. The van der Waals surface area contributed by atoms with Crippen LogP contribution in [0.1, 0.15) is 33.3 Å². The number of anilines is 1. The SMILES string of the molecule is Cc1c(Cl)cccc1NC(C)C(=O)OC(C)(C)C. The molecule has 18 heavy (non-hydrogen) atoms. The van der Waals surface area contributed by atoms with E-state index in [1.165, 1.54) is 0 Å². The van der Waals surface area contributed by atoms with Gasteiger partial charge in [0.05, 0.1) is 0 Å². The third kappa shape index (κ3) is 4.22. The highest BCUT2D eigenvalue weighted by Crippen LogP contribution is 2.23. The smallest absolute Gasteiger partial charge is 0.328 e. The molecule has 0 fully saturated rings. The number of rotatable bonds is 3. The first-order chi connectivity index (χ1) is 8.20. The van der Waals surface area contributed by atoms with Gasteiger partial charge in [-0.3, -0.25) is 0 Å². The van der Waals surface area contributed by atoms with Crippen LogP contribution < -0.4 is 5.32 Å². The molecule has 1 atom stereocenters. The van der Waals surface area contributed by atoms with E-state index in [9.17, 15) is 4.79 Å². The van der Waals surface area contributed by atoms with Gasteiger partial charge in [-0.25, -0.2) is 4.79 Å². The van der Waals surface area contributed by atoms with Crippen LogP contribution in [-0.4, -0.2) is 17.6 Å². The summed E-state index contributed by atoms with van der Waals surface area (Å²) in [6, 6.07) is 5.14. The molecular formula is C14H20ClNO2. The quantitative estimate of drug-likeness (QED) is 0.849. The number of hydrogen-bond donors (Lipinski definition) is 1. The van der Waals surface area contributed by atoms with Gasteiger partial charge in [-0.15, -0.1) is 0 Å². The van der Waals surface area contributed by atoms with Crippen molar-refractivity contribution in [1.29, 1.82) is 0 Å². The summed E-state index contributed by atoms with van der Waals surface area (Å²) in [5, 5.41) is 3.79. The molecule has 0 aliphatic rings. The Balaban J connectivity index is 2.73. The maximum atomic E-state index is 11.8. The molecule has 0 aliphatic carbocycles. The number of hydrogen-bond acceptors (Lipinski definition) is 3. The number of nitrogens with one attached hydrogen (secondary N) is 1. The lowest BCUT2D eigenvalue weighted by Crippen LogP contribution is -2.34. The second-order valence-electron chi connectivity index (χ2n) is 5.31. The van der Waals surface area contributed by atoms with Gasteiger partial charge in [0.25, 0.3) is 0 Å². The van der Waals surface area contributed by atoms with Gasteiger partial charge >= 0.3 is 5.97 Å². The highest BCUT2D eigenvalue weighted by atomic mass is 35.5. The van der Waals surface area contributed by atoms with Crippen molar-refractivity contribution in [3.05, 3.63) is 28.8 Å². The summed E-state index contributed by atoms with van der Waals surface area (Å²) in [5.41, 5.74) is 1.30. The second-order valence-corrected chi connectivity index (χ2v) is 5.72. The highest BCUT2D eigenvalue weighted by Gasteiger charge is 2.21. The number of esters is 1. The molecule has 0 heterocycles. The Labute approximate surface area is 113 Å². The topological polar surface area (TPSA) is 38.3 Å². The first-order valence-electron chi connectivity index (χ1n) is 5.95. The Bertz CT molecular complexity index is 438. The van der Waals surface area contributed by atoms with E-state index in [1.54, 1.807) is 6.92 Å². The molecule has 0 bridgehead atoms. The number of carbonyl (C=O) groups excluding carboxylic acids is 1. The molecule has 3 nitrogen and oxygen atoms in total. The highest BCUT2D eigenvalue weighted by molar-refractivity contribution is 6.31. The molecule has 0 saturated heterocycles. The molecule has 1 rings (SSSR count). The summed E-state index contributed by atoms with van der Waals surface area (Å²) < 4.78 is 5.31. The fourth-order valence-electron chi connectivity index (χ4n) is 1.45. The van der Waals surface area contributed by atoms with E-state index in [0.29, 0.717) is 5.02 Å². The number of benzene rings is 1. The van der Waals surface area contributed by atoms with Crippen molar-refractivity contribution in [2.75, 3.05) is 5.32 Å². The maximum Gasteiger partial charge on any atom is 0.328 e. The summed E-state index contributed by atoms with van der Waals surface area (Å²) >= 11 is 6.03. The first kappa shape index (κ1) is 14.8. The zero-order valence-corrected chi connectivity index (χ0v) is 12.3. The maximum absolute atomic E-state index is 11.8. The summed E-state index contributed by atoms with van der Waals surface area (Å²) in [6.07, 6.45) is 0. The van der Waals surface area contributed by atoms with Crippen LogP contribution in [0.25, 0.3) is 0 Å². The molecule has 1 N–H and O–H groups in total. The average molecular weight is 270 g/mol. The predicted octanol–water partition coefficient (Wildman–Crippen LogP) is 3.79. The van der Waals surface area contributed by atoms with Crippen molar-refractivity contribution in [2.45, 2.75) is 46.3 Å². The van der Waals surface area contributed by atoms with Crippen LogP contribution in [0.3, 0.4) is 0 Å². The lowest BCUT2D eigenvalue weighted by atomic mass is 10.1. The fourth-order valence-corrected chi connectivity index (χ4v) is 1.62. The molecule has 0 radical (unpaired) electrons. The van der Waals surface area contributed by atoms with Crippen molar-refractivity contribution in [2.24, 2.45) is 0 Å². The molecule has 0 aromatic heterocycles. The Morgan fingerprint density at radius 3 is 2.56 bits per heavy atom. The van der Waals surface area contributed by atoms with Crippen LogP contribution in [0.5, 0.6) is 0 Å². The lowest BCUT2D eigenvalue weighted by molar-refractivity contribution is -0.155. The second kappa shape index (κ2) is 5.61. The van der Waals surface area contributed by atoms with Gasteiger partial charge in [-0.2, -0.15) is 0 Å². The van der Waals surface area contributed by atoms with Crippen molar-refractivity contribution in [3.8, 4) is 0 Å². The zero-order valence-electron chi connectivity index (χ0n) is 11.5. The summed E-state index contributed by atoms with van der Waals surface area (Å²) in [5.74, 6) is -0.276. The third-order valence-corrected chi connectivity index (χ3v) is 2.81. The van der Waals surface area contributed by atoms with Crippen molar-refractivity contribution >= 4 is 23.3 Å². The summed E-state index contributed by atoms with van der Waals surface area (Å²) in [4.78, 5) is 11.8. The van der Waals surface area contributed by atoms with E-state index in [2.05, 4.69) is 5.32 Å². The molecule has 0 spiro atoms. The molecular weight excluding hydrogens is 250 g/mol. The Hall–Kier alpha value is -1.22. The fraction of sp³-hybridized carbons (Fsp3) is 0.500. The minimum absolute atomic E-state index is 0.276. The molecule has 0 aliphatic heterocycles. The predicted molar refractivity (Wildman–Crippen MR) is 75.1 cm³/mol. The van der Waals surface area contributed by atoms with Crippen LogP contribution in [0.4, 0.5) is 5.69 Å². The third-order valence-electron chi connectivity index (χ3n) is 2.40. The Morgan fingerprint density at radius 2 is 2.00 bits per heavy atom. The van der Waals surface area contributed by atoms with Gasteiger partial charge in [0, 0.05) is 10.7 Å². The minimum atomic E-state index is -0.476. The monoisotopic (exact) mass is 269 g/mol. The van der Waals surface area contributed by atoms with Crippen LogP contribution >= 0.6 is 11.6 Å². The van der Waals surface area contributed by atoms with Crippen molar-refractivity contribution < 1.29 is 9.53 Å². The van der Waals surface area contributed by atoms with Gasteiger partial charge in [0.2, 0.25) is 0 Å². The van der Waals surface area contributed by atoms with Crippen molar-refractivity contribution in [3.63, 3.8) is 0 Å². The van der Waals surface area contributed by atoms with Crippen LogP contribution in [-0.2, 0) is 9.53 Å². The first-order valence-corrected chi connectivity index (χ1v) is 6.33. The molecule has 1 aromatic rings. The van der Waals surface area contributed by atoms with Gasteiger partial charge in [-0.1, -0.05) is 17.7 Å². The van der Waals surface area contributed by atoms with Crippen molar-refractivity contribution in [1.82, 2.24) is 0 Å². The van der Waals surface area contributed by atoms with Crippen LogP contribution in [0.15, 0.2) is 18.2 Å². The summed E-state index contributed by atoms with van der Waals surface area (Å²) in [6.45, 7) is 9.23. The van der Waals surface area contributed by atoms with E-state index in [-0.39, 0.29) is 5.97 Å². The van der Waals surface area contributed by atoms with Gasteiger partial charge in [0.1, 0.15) is 11.6 Å². The molecule has 1 aromatic carbocycles. The minimum Gasteiger partial charge on any atom is -0.458 e. The standard InChI is InChI=1S/C14H20ClNO2/c1-9-11(15)7-6-8-12(9)16-10(2)13(17)18-14(3,4)5/h6-8,10,16H,1-5H3. The van der Waals surface area contributed by atoms with E-state index in [0.717, 1.165) is 11.3 Å². The average Bonchev–Trinajstić information content (AvgIpc) is 2.22. The lowest BCUT2D eigenvalue weighted by Gasteiger charge is -2.23. The van der Waals surface area contributed by atoms with Gasteiger partial charge < -0.3 is 10.1 Å². The van der Waals surface area contributed by atoms with E-state index in [4.69, 9.17) is 16.3 Å². The van der Waals surface area contributed by atoms with Gasteiger partial charge in [-0.05, 0) is 52.3 Å². The zero-order chi connectivity index (χ0) is 13.9. The van der Waals surface area contributed by atoms with Crippen LogP contribution in [0, 0.1) is 6.92 Å². The molecule has 0 saturated carbocycles. The molecule has 4 heteroatoms. The number of ether oxygens (including phenoxy) is 1. The van der Waals surface area contributed by atoms with Crippen LogP contribution in [0.2, 0.25) is 5.02 Å². The summed E-state index contributed by atoms with van der Waals surface area (Å²) in [7, 11) is 0. The molecule has 100 valence electrons. The molecule has 0 amide bonds. The Kier molecular flexibility index (Phi) is 4.63. The number of halogens is 1. The largest absolute Gasteiger partial charge is 0.458 e. The molecule has 1 unspecified atom stereocenters. The van der Waals surface area contributed by atoms with Gasteiger partial charge in [0.15, 0.2) is 0 Å². The number of carbonyl (C=O) groups is 1. The van der Waals surface area contributed by atoms with E-state index in [1.807, 2.05) is 45.9 Å². The Morgan fingerprint density at radius 1 is 1.39 bits per heavy atom. The van der Waals surface area contributed by atoms with E-state index < -0.39 is 11.6 Å².